The first-order chi connectivity index (χ1) is 8.72. The van der Waals surface area contributed by atoms with E-state index in [2.05, 4.69) is 15.5 Å². The van der Waals surface area contributed by atoms with Gasteiger partial charge < -0.3 is 25.0 Å². The van der Waals surface area contributed by atoms with E-state index in [-0.39, 0.29) is 12.0 Å². The molecule has 0 aliphatic carbocycles. The Kier molecular flexibility index (Phi) is 7.91. The van der Waals surface area contributed by atoms with Crippen molar-refractivity contribution in [3.8, 4) is 0 Å². The van der Waals surface area contributed by atoms with Gasteiger partial charge in [-0.3, -0.25) is 4.79 Å². The molecule has 0 bridgehead atoms. The lowest BCUT2D eigenvalue weighted by Crippen LogP contribution is -2.42. The number of ether oxygens (including phenoxy) is 2. The molecule has 1 amide bonds. The van der Waals surface area contributed by atoms with E-state index in [1.165, 1.54) is 0 Å². The van der Waals surface area contributed by atoms with Gasteiger partial charge in [-0.1, -0.05) is 0 Å². The van der Waals surface area contributed by atoms with Gasteiger partial charge in [0.1, 0.15) is 0 Å². The lowest BCUT2D eigenvalue weighted by Gasteiger charge is -2.23. The average molecular weight is 259 g/mol. The molecule has 1 atom stereocenters. The Bertz CT molecular complexity index is 233. The number of hydrogen-bond acceptors (Lipinski definition) is 5. The monoisotopic (exact) mass is 259 g/mol. The van der Waals surface area contributed by atoms with Crippen molar-refractivity contribution in [2.75, 3.05) is 60.1 Å². The van der Waals surface area contributed by atoms with Crippen LogP contribution in [0.3, 0.4) is 0 Å². The molecule has 1 aliphatic heterocycles. The van der Waals surface area contributed by atoms with Gasteiger partial charge in [0.15, 0.2) is 0 Å². The zero-order chi connectivity index (χ0) is 13.2. The molecule has 1 saturated heterocycles. The molecule has 1 unspecified atom stereocenters. The third kappa shape index (κ3) is 6.90. The summed E-state index contributed by atoms with van der Waals surface area (Å²) in [4.78, 5) is 13.8. The Balaban J connectivity index is 2.02. The smallest absolute Gasteiger partial charge is 0.222 e. The Labute approximate surface area is 109 Å². The van der Waals surface area contributed by atoms with Gasteiger partial charge >= 0.3 is 0 Å². The van der Waals surface area contributed by atoms with E-state index in [4.69, 9.17) is 9.47 Å². The van der Waals surface area contributed by atoms with E-state index in [0.29, 0.717) is 26.2 Å². The maximum absolute atomic E-state index is 11.6. The minimum atomic E-state index is 0.0185. The first-order valence-electron chi connectivity index (χ1n) is 6.49. The van der Waals surface area contributed by atoms with E-state index in [9.17, 15) is 4.79 Å². The van der Waals surface area contributed by atoms with Crippen LogP contribution in [0.5, 0.6) is 0 Å². The van der Waals surface area contributed by atoms with Gasteiger partial charge in [0.05, 0.1) is 25.7 Å². The second kappa shape index (κ2) is 9.27. The van der Waals surface area contributed by atoms with E-state index in [1.807, 2.05) is 7.05 Å². The minimum absolute atomic E-state index is 0.0185. The molecule has 0 spiro atoms. The Morgan fingerprint density at radius 1 is 1.56 bits per heavy atom. The molecule has 1 aliphatic rings. The molecule has 1 fully saturated rings. The Morgan fingerprint density at radius 3 is 3.06 bits per heavy atom. The summed E-state index contributed by atoms with van der Waals surface area (Å²) in [5, 5.41) is 6.12. The van der Waals surface area contributed by atoms with Crippen LogP contribution in [0.25, 0.3) is 0 Å². The summed E-state index contributed by atoms with van der Waals surface area (Å²) < 4.78 is 10.5. The standard InChI is InChI=1S/C12H25N3O3/c1-15(6-8-17-2)5-3-14-12(16)9-11-10-13-4-7-18-11/h11,13H,3-10H2,1-2H3,(H,14,16). The number of carbonyl (C=O) groups is 1. The minimum Gasteiger partial charge on any atom is -0.383 e. The molecule has 0 radical (unpaired) electrons. The fourth-order valence-electron chi connectivity index (χ4n) is 1.77. The molecule has 1 rings (SSSR count). The second-order valence-corrected chi connectivity index (χ2v) is 4.55. The quantitative estimate of drug-likeness (QED) is 0.589. The number of nitrogens with zero attached hydrogens (tertiary/aromatic N) is 1. The molecule has 6 nitrogen and oxygen atoms in total. The molecule has 2 N–H and O–H groups in total. The van der Waals surface area contributed by atoms with Gasteiger partial charge in [-0.15, -0.1) is 0 Å². The maximum Gasteiger partial charge on any atom is 0.222 e. The van der Waals surface area contributed by atoms with Gasteiger partial charge in [0, 0.05) is 39.8 Å². The molecule has 0 aromatic rings. The van der Waals surface area contributed by atoms with Crippen LogP contribution in [0.2, 0.25) is 0 Å². The number of rotatable bonds is 8. The van der Waals surface area contributed by atoms with Crippen molar-refractivity contribution in [3.05, 3.63) is 0 Å². The third-order valence-corrected chi connectivity index (χ3v) is 2.91. The highest BCUT2D eigenvalue weighted by Crippen LogP contribution is 2.00. The van der Waals surface area contributed by atoms with Gasteiger partial charge in [-0.25, -0.2) is 0 Å². The lowest BCUT2D eigenvalue weighted by atomic mass is 10.2. The second-order valence-electron chi connectivity index (χ2n) is 4.55. The summed E-state index contributed by atoms with van der Waals surface area (Å²) in [6.45, 7) is 5.42. The molecule has 0 aromatic carbocycles. The maximum atomic E-state index is 11.6. The molecule has 0 aromatic heterocycles. The highest BCUT2D eigenvalue weighted by Gasteiger charge is 2.16. The number of morpholine rings is 1. The molecule has 106 valence electrons. The molecule has 18 heavy (non-hydrogen) atoms. The topological polar surface area (TPSA) is 62.8 Å². The van der Waals surface area contributed by atoms with Gasteiger partial charge in [0.25, 0.3) is 0 Å². The number of amides is 1. The highest BCUT2D eigenvalue weighted by atomic mass is 16.5. The summed E-state index contributed by atoms with van der Waals surface area (Å²) in [6.07, 6.45) is 0.458. The molecule has 1 heterocycles. The predicted molar refractivity (Wildman–Crippen MR) is 69.6 cm³/mol. The molecular weight excluding hydrogens is 234 g/mol. The van der Waals surface area contributed by atoms with E-state index < -0.39 is 0 Å². The van der Waals surface area contributed by atoms with Crippen LogP contribution in [-0.2, 0) is 14.3 Å². The van der Waals surface area contributed by atoms with Gasteiger partial charge in [-0.2, -0.15) is 0 Å². The average Bonchev–Trinajstić information content (AvgIpc) is 2.37. The van der Waals surface area contributed by atoms with Crippen molar-refractivity contribution in [2.24, 2.45) is 0 Å². The molecule has 0 saturated carbocycles. The number of carbonyl (C=O) groups excluding carboxylic acids is 1. The van der Waals surface area contributed by atoms with Crippen LogP contribution in [0.4, 0.5) is 0 Å². The van der Waals surface area contributed by atoms with Crippen LogP contribution in [0, 0.1) is 0 Å². The van der Waals surface area contributed by atoms with Crippen LogP contribution >= 0.6 is 0 Å². The summed E-state index contributed by atoms with van der Waals surface area (Å²) in [7, 11) is 3.70. The van der Waals surface area contributed by atoms with Crippen LogP contribution in [-0.4, -0.2) is 77.0 Å². The molecular formula is C12H25N3O3. The Hall–Kier alpha value is -0.690. The summed E-state index contributed by atoms with van der Waals surface area (Å²) in [5.74, 6) is 0.0591. The van der Waals surface area contributed by atoms with E-state index in [0.717, 1.165) is 26.2 Å². The predicted octanol–water partition coefficient (Wildman–Crippen LogP) is -0.941. The fourth-order valence-corrected chi connectivity index (χ4v) is 1.77. The molecule has 6 heteroatoms. The van der Waals surface area contributed by atoms with Crippen molar-refractivity contribution in [1.82, 2.24) is 15.5 Å². The Morgan fingerprint density at radius 2 is 2.39 bits per heavy atom. The SMILES string of the molecule is COCCN(C)CCNC(=O)CC1CNCCO1. The highest BCUT2D eigenvalue weighted by molar-refractivity contribution is 5.76. The summed E-state index contributed by atoms with van der Waals surface area (Å²) >= 11 is 0. The summed E-state index contributed by atoms with van der Waals surface area (Å²) in [5.41, 5.74) is 0. The number of hydrogen-bond donors (Lipinski definition) is 2. The zero-order valence-corrected chi connectivity index (χ0v) is 11.4. The van der Waals surface area contributed by atoms with Gasteiger partial charge in [-0.05, 0) is 7.05 Å². The van der Waals surface area contributed by atoms with Crippen molar-refractivity contribution < 1.29 is 14.3 Å². The first kappa shape index (κ1) is 15.4. The fraction of sp³-hybridized carbons (Fsp3) is 0.917. The summed E-state index contributed by atoms with van der Waals surface area (Å²) in [6, 6.07) is 0. The number of nitrogens with one attached hydrogen (secondary N) is 2. The van der Waals surface area contributed by atoms with Crippen molar-refractivity contribution in [3.63, 3.8) is 0 Å². The van der Waals surface area contributed by atoms with Crippen molar-refractivity contribution in [2.45, 2.75) is 12.5 Å². The van der Waals surface area contributed by atoms with Crippen LogP contribution in [0.15, 0.2) is 0 Å². The normalized spacial score (nSPS) is 20.1. The largest absolute Gasteiger partial charge is 0.383 e. The third-order valence-electron chi connectivity index (χ3n) is 2.91. The van der Waals surface area contributed by atoms with Crippen molar-refractivity contribution in [1.29, 1.82) is 0 Å². The van der Waals surface area contributed by atoms with E-state index in [1.54, 1.807) is 7.11 Å². The lowest BCUT2D eigenvalue weighted by molar-refractivity contribution is -0.124. The van der Waals surface area contributed by atoms with E-state index >= 15 is 0 Å². The zero-order valence-electron chi connectivity index (χ0n) is 11.4. The van der Waals surface area contributed by atoms with Crippen molar-refractivity contribution >= 4 is 5.91 Å². The van der Waals surface area contributed by atoms with Crippen LogP contribution in [0.1, 0.15) is 6.42 Å². The van der Waals surface area contributed by atoms with Crippen LogP contribution < -0.4 is 10.6 Å². The number of methoxy groups -OCH3 is 1. The van der Waals surface area contributed by atoms with Gasteiger partial charge in [0.2, 0.25) is 5.91 Å². The first-order valence-corrected chi connectivity index (χ1v) is 6.49. The number of likely N-dealkylation sites (N-methyl/N-ethyl adjacent to an activating group) is 1.